The molecule has 0 spiro atoms. The number of aromatic nitrogens is 3. The Bertz CT molecular complexity index is 430. The van der Waals surface area contributed by atoms with E-state index < -0.39 is 0 Å². The van der Waals surface area contributed by atoms with Crippen LogP contribution >= 0.6 is 0 Å². The van der Waals surface area contributed by atoms with Gasteiger partial charge in [-0.25, -0.2) is 0 Å². The summed E-state index contributed by atoms with van der Waals surface area (Å²) in [5.41, 5.74) is 0. The van der Waals surface area contributed by atoms with E-state index in [1.165, 1.54) is 32.1 Å². The third-order valence-electron chi connectivity index (χ3n) is 3.85. The second-order valence-electron chi connectivity index (χ2n) is 5.77. The Labute approximate surface area is 127 Å². The molecule has 118 valence electrons. The molecule has 1 aromatic heterocycles. The van der Waals surface area contributed by atoms with Crippen molar-refractivity contribution in [3.63, 3.8) is 0 Å². The quantitative estimate of drug-likeness (QED) is 0.718. The van der Waals surface area contributed by atoms with Crippen molar-refractivity contribution >= 4 is 17.8 Å². The number of unbranched alkanes of at least 4 members (excludes halogenated alkanes) is 2. The maximum absolute atomic E-state index is 4.58. The molecule has 6 heteroatoms. The van der Waals surface area contributed by atoms with Crippen LogP contribution in [0.1, 0.15) is 52.4 Å². The molecule has 0 radical (unpaired) electrons. The zero-order valence-corrected chi connectivity index (χ0v) is 13.5. The van der Waals surface area contributed by atoms with Crippen molar-refractivity contribution in [3.05, 3.63) is 0 Å². The molecule has 21 heavy (non-hydrogen) atoms. The van der Waals surface area contributed by atoms with E-state index in [1.807, 2.05) is 7.05 Å². The van der Waals surface area contributed by atoms with Gasteiger partial charge in [-0.15, -0.1) is 0 Å². The van der Waals surface area contributed by atoms with E-state index in [4.69, 9.17) is 0 Å². The van der Waals surface area contributed by atoms with Gasteiger partial charge in [-0.05, 0) is 26.2 Å². The summed E-state index contributed by atoms with van der Waals surface area (Å²) in [6.45, 7) is 6.50. The zero-order chi connectivity index (χ0) is 15.1. The van der Waals surface area contributed by atoms with Crippen LogP contribution in [0, 0.1) is 0 Å². The minimum absolute atomic E-state index is 0.384. The van der Waals surface area contributed by atoms with Crippen LogP contribution in [0.2, 0.25) is 0 Å². The molecule has 2 rings (SSSR count). The SMILES string of the molecule is CCCCCC(C)Nc1nc(NC)nc(N2CCCC2)n1. The first-order chi connectivity index (χ1) is 10.2. The van der Waals surface area contributed by atoms with E-state index >= 15 is 0 Å². The summed E-state index contributed by atoms with van der Waals surface area (Å²) in [6.07, 6.45) is 7.36. The summed E-state index contributed by atoms with van der Waals surface area (Å²) in [4.78, 5) is 15.7. The van der Waals surface area contributed by atoms with E-state index in [-0.39, 0.29) is 0 Å². The topological polar surface area (TPSA) is 66.0 Å². The van der Waals surface area contributed by atoms with E-state index in [1.54, 1.807) is 0 Å². The van der Waals surface area contributed by atoms with Gasteiger partial charge in [-0.1, -0.05) is 26.2 Å². The molecule has 1 saturated heterocycles. The number of hydrogen-bond acceptors (Lipinski definition) is 6. The Morgan fingerprint density at radius 2 is 1.81 bits per heavy atom. The van der Waals surface area contributed by atoms with Crippen molar-refractivity contribution in [2.75, 3.05) is 35.7 Å². The fraction of sp³-hybridized carbons (Fsp3) is 0.800. The highest BCUT2D eigenvalue weighted by atomic mass is 15.3. The van der Waals surface area contributed by atoms with Gasteiger partial charge < -0.3 is 15.5 Å². The predicted molar refractivity (Wildman–Crippen MR) is 88.0 cm³/mol. The van der Waals surface area contributed by atoms with Crippen molar-refractivity contribution in [1.29, 1.82) is 0 Å². The third kappa shape index (κ3) is 4.72. The molecule has 2 heterocycles. The van der Waals surface area contributed by atoms with Crippen LogP contribution in [0.4, 0.5) is 17.8 Å². The number of anilines is 3. The highest BCUT2D eigenvalue weighted by molar-refractivity contribution is 5.44. The first-order valence-corrected chi connectivity index (χ1v) is 8.18. The van der Waals surface area contributed by atoms with Gasteiger partial charge in [0.2, 0.25) is 17.8 Å². The van der Waals surface area contributed by atoms with Crippen molar-refractivity contribution in [3.8, 4) is 0 Å². The molecule has 0 saturated carbocycles. The van der Waals surface area contributed by atoms with E-state index in [9.17, 15) is 0 Å². The minimum atomic E-state index is 0.384. The highest BCUT2D eigenvalue weighted by Crippen LogP contribution is 2.19. The molecule has 0 aromatic carbocycles. The molecule has 1 aliphatic heterocycles. The summed E-state index contributed by atoms with van der Waals surface area (Å²) in [5.74, 6) is 2.10. The van der Waals surface area contributed by atoms with Crippen LogP contribution in [0.3, 0.4) is 0 Å². The number of nitrogens with one attached hydrogen (secondary N) is 2. The van der Waals surface area contributed by atoms with E-state index in [2.05, 4.69) is 44.3 Å². The summed E-state index contributed by atoms with van der Waals surface area (Å²) in [7, 11) is 1.84. The molecular weight excluding hydrogens is 264 g/mol. The van der Waals surface area contributed by atoms with Crippen LogP contribution in [0.15, 0.2) is 0 Å². The Balaban J connectivity index is 2.02. The molecular formula is C15H28N6. The monoisotopic (exact) mass is 292 g/mol. The Morgan fingerprint density at radius 3 is 2.48 bits per heavy atom. The lowest BCUT2D eigenvalue weighted by atomic mass is 10.1. The largest absolute Gasteiger partial charge is 0.357 e. The van der Waals surface area contributed by atoms with Crippen molar-refractivity contribution in [1.82, 2.24) is 15.0 Å². The Kier molecular flexibility index (Phi) is 6.02. The molecule has 2 N–H and O–H groups in total. The van der Waals surface area contributed by atoms with Crippen LogP contribution in [0.25, 0.3) is 0 Å². The van der Waals surface area contributed by atoms with Gasteiger partial charge in [0.05, 0.1) is 0 Å². The molecule has 1 unspecified atom stereocenters. The predicted octanol–water partition coefficient (Wildman–Crippen LogP) is 2.89. The fourth-order valence-corrected chi connectivity index (χ4v) is 2.59. The van der Waals surface area contributed by atoms with Crippen LogP contribution in [-0.2, 0) is 0 Å². The van der Waals surface area contributed by atoms with Gasteiger partial charge in [0.15, 0.2) is 0 Å². The summed E-state index contributed by atoms with van der Waals surface area (Å²) in [6, 6.07) is 0.384. The number of rotatable bonds is 8. The van der Waals surface area contributed by atoms with Gasteiger partial charge in [0.1, 0.15) is 0 Å². The highest BCUT2D eigenvalue weighted by Gasteiger charge is 2.17. The average Bonchev–Trinajstić information content (AvgIpc) is 3.01. The summed E-state index contributed by atoms with van der Waals surface area (Å²) < 4.78 is 0. The lowest BCUT2D eigenvalue weighted by Crippen LogP contribution is -2.23. The van der Waals surface area contributed by atoms with Gasteiger partial charge in [-0.2, -0.15) is 15.0 Å². The molecule has 6 nitrogen and oxygen atoms in total. The number of hydrogen-bond donors (Lipinski definition) is 2. The maximum atomic E-state index is 4.58. The maximum Gasteiger partial charge on any atom is 0.231 e. The lowest BCUT2D eigenvalue weighted by Gasteiger charge is -2.18. The van der Waals surface area contributed by atoms with Crippen molar-refractivity contribution in [2.24, 2.45) is 0 Å². The number of nitrogens with zero attached hydrogens (tertiary/aromatic N) is 4. The van der Waals surface area contributed by atoms with E-state index in [0.29, 0.717) is 17.9 Å². The second-order valence-corrected chi connectivity index (χ2v) is 5.77. The normalized spacial score (nSPS) is 16.0. The molecule has 1 fully saturated rings. The lowest BCUT2D eigenvalue weighted by molar-refractivity contribution is 0.611. The molecule has 1 aliphatic rings. The van der Waals surface area contributed by atoms with Crippen molar-refractivity contribution in [2.45, 2.75) is 58.4 Å². The second kappa shape index (κ2) is 8.00. The smallest absolute Gasteiger partial charge is 0.231 e. The van der Waals surface area contributed by atoms with Crippen molar-refractivity contribution < 1.29 is 0 Å². The first kappa shape index (κ1) is 15.8. The first-order valence-electron chi connectivity index (χ1n) is 8.18. The van der Waals surface area contributed by atoms with Gasteiger partial charge in [-0.3, -0.25) is 0 Å². The molecule has 0 bridgehead atoms. The zero-order valence-electron chi connectivity index (χ0n) is 13.5. The van der Waals surface area contributed by atoms with Gasteiger partial charge in [0.25, 0.3) is 0 Å². The van der Waals surface area contributed by atoms with Crippen LogP contribution in [-0.4, -0.2) is 41.1 Å². The standard InChI is InChI=1S/C15H28N6/c1-4-5-6-9-12(2)17-14-18-13(16-3)19-15(20-14)21-10-7-8-11-21/h12H,4-11H2,1-3H3,(H2,16,17,18,19,20). The molecule has 0 aliphatic carbocycles. The summed E-state index contributed by atoms with van der Waals surface area (Å²) >= 11 is 0. The van der Waals surface area contributed by atoms with Crippen LogP contribution in [0.5, 0.6) is 0 Å². The minimum Gasteiger partial charge on any atom is -0.357 e. The van der Waals surface area contributed by atoms with E-state index in [0.717, 1.165) is 25.5 Å². The molecule has 0 amide bonds. The average molecular weight is 292 g/mol. The Hall–Kier alpha value is -1.59. The molecule has 1 aromatic rings. The fourth-order valence-electron chi connectivity index (χ4n) is 2.59. The van der Waals surface area contributed by atoms with Gasteiger partial charge in [0, 0.05) is 26.2 Å². The van der Waals surface area contributed by atoms with Gasteiger partial charge >= 0.3 is 0 Å². The third-order valence-corrected chi connectivity index (χ3v) is 3.85. The van der Waals surface area contributed by atoms with Crippen LogP contribution < -0.4 is 15.5 Å². The summed E-state index contributed by atoms with van der Waals surface area (Å²) in [5, 5.41) is 6.44. The Morgan fingerprint density at radius 1 is 1.10 bits per heavy atom. The molecule has 1 atom stereocenters.